The summed E-state index contributed by atoms with van der Waals surface area (Å²) in [7, 11) is 0. The molecule has 1 amide bonds. The third-order valence-corrected chi connectivity index (χ3v) is 3.69. The quantitative estimate of drug-likeness (QED) is 0.803. The van der Waals surface area contributed by atoms with Gasteiger partial charge in [0.05, 0.1) is 0 Å². The van der Waals surface area contributed by atoms with E-state index < -0.39 is 5.82 Å². The van der Waals surface area contributed by atoms with E-state index >= 15 is 0 Å². The molecule has 1 aliphatic rings. The average Bonchev–Trinajstić information content (AvgIpc) is 2.80. The largest absolute Gasteiger partial charge is 0.338 e. The molecule has 0 aromatic heterocycles. The molecule has 1 aromatic carbocycles. The van der Waals surface area contributed by atoms with Gasteiger partial charge in [-0.1, -0.05) is 13.3 Å². The summed E-state index contributed by atoms with van der Waals surface area (Å²) in [5.74, 6) is 0.198. The molecule has 1 aromatic rings. The Morgan fingerprint density at radius 2 is 2.35 bits per heavy atom. The standard InChI is InChI=1S/C13H16FNOS/c1-2-9-5-6-15(8-9)13(16)10-3-4-11(14)12(17)7-10/h3-4,7,9,17H,2,5-6,8H2,1H3. The van der Waals surface area contributed by atoms with E-state index in [0.29, 0.717) is 11.5 Å². The molecule has 4 heteroatoms. The normalized spacial score (nSPS) is 19.7. The second-order valence-corrected chi connectivity index (χ2v) is 4.96. The smallest absolute Gasteiger partial charge is 0.253 e. The summed E-state index contributed by atoms with van der Waals surface area (Å²) in [6.45, 7) is 3.76. The van der Waals surface area contributed by atoms with Crippen LogP contribution < -0.4 is 0 Å². The molecular weight excluding hydrogens is 237 g/mol. The first kappa shape index (κ1) is 12.4. The Bertz CT molecular complexity index is 435. The zero-order valence-corrected chi connectivity index (χ0v) is 10.7. The summed E-state index contributed by atoms with van der Waals surface area (Å²) < 4.78 is 13.1. The van der Waals surface area contributed by atoms with Crippen LogP contribution in [0.1, 0.15) is 30.1 Å². The van der Waals surface area contributed by atoms with Crippen LogP contribution in [0.25, 0.3) is 0 Å². The molecule has 17 heavy (non-hydrogen) atoms. The van der Waals surface area contributed by atoms with Crippen molar-refractivity contribution >= 4 is 18.5 Å². The number of halogens is 1. The fraction of sp³-hybridized carbons (Fsp3) is 0.462. The molecule has 0 aliphatic carbocycles. The molecule has 2 nitrogen and oxygen atoms in total. The number of amides is 1. The molecule has 2 rings (SSSR count). The highest BCUT2D eigenvalue weighted by Gasteiger charge is 2.25. The van der Waals surface area contributed by atoms with E-state index in [9.17, 15) is 9.18 Å². The molecule has 1 aliphatic heterocycles. The van der Waals surface area contributed by atoms with Gasteiger partial charge in [-0.2, -0.15) is 0 Å². The molecule has 92 valence electrons. The summed E-state index contributed by atoms with van der Waals surface area (Å²) in [5.41, 5.74) is 0.521. The number of nitrogens with zero attached hydrogens (tertiary/aromatic N) is 1. The van der Waals surface area contributed by atoms with E-state index in [-0.39, 0.29) is 10.8 Å². The van der Waals surface area contributed by atoms with E-state index in [1.165, 1.54) is 18.2 Å². The molecule has 0 bridgehead atoms. The van der Waals surface area contributed by atoms with Gasteiger partial charge in [0, 0.05) is 23.5 Å². The van der Waals surface area contributed by atoms with Gasteiger partial charge < -0.3 is 4.90 Å². The van der Waals surface area contributed by atoms with E-state index in [1.54, 1.807) is 0 Å². The van der Waals surface area contributed by atoms with Gasteiger partial charge in [-0.25, -0.2) is 4.39 Å². The van der Waals surface area contributed by atoms with Crippen LogP contribution in [0.5, 0.6) is 0 Å². The lowest BCUT2D eigenvalue weighted by Crippen LogP contribution is -2.28. The average molecular weight is 253 g/mol. The highest BCUT2D eigenvalue weighted by Crippen LogP contribution is 2.22. The van der Waals surface area contributed by atoms with Crippen molar-refractivity contribution in [1.29, 1.82) is 0 Å². The second kappa shape index (κ2) is 5.08. The van der Waals surface area contributed by atoms with Crippen molar-refractivity contribution in [3.05, 3.63) is 29.6 Å². The Hall–Kier alpha value is -1.03. The molecule has 0 radical (unpaired) electrons. The first-order valence-corrected chi connectivity index (χ1v) is 6.34. The summed E-state index contributed by atoms with van der Waals surface area (Å²) >= 11 is 4.00. The zero-order chi connectivity index (χ0) is 12.4. The van der Waals surface area contributed by atoms with Gasteiger partial charge in [0.25, 0.3) is 5.91 Å². The minimum atomic E-state index is -0.391. The van der Waals surface area contributed by atoms with Crippen LogP contribution in [0.3, 0.4) is 0 Å². The number of carbonyl (C=O) groups is 1. The third kappa shape index (κ3) is 2.63. The Morgan fingerprint density at radius 3 is 2.94 bits per heavy atom. The number of rotatable bonds is 2. The van der Waals surface area contributed by atoms with Gasteiger partial charge in [0.2, 0.25) is 0 Å². The number of benzene rings is 1. The third-order valence-electron chi connectivity index (χ3n) is 3.34. The monoisotopic (exact) mass is 253 g/mol. The van der Waals surface area contributed by atoms with Crippen molar-refractivity contribution in [3.8, 4) is 0 Å². The molecule has 1 saturated heterocycles. The Morgan fingerprint density at radius 1 is 1.59 bits per heavy atom. The van der Waals surface area contributed by atoms with Crippen LogP contribution >= 0.6 is 12.6 Å². The predicted octanol–water partition coefficient (Wildman–Crippen LogP) is 2.99. The Balaban J connectivity index is 2.12. The summed E-state index contributed by atoms with van der Waals surface area (Å²) in [6.07, 6.45) is 2.17. The fourth-order valence-electron chi connectivity index (χ4n) is 2.18. The van der Waals surface area contributed by atoms with Gasteiger partial charge >= 0.3 is 0 Å². The second-order valence-electron chi connectivity index (χ2n) is 4.48. The molecular formula is C13H16FNOS. The van der Waals surface area contributed by atoms with E-state index in [2.05, 4.69) is 19.6 Å². The van der Waals surface area contributed by atoms with Gasteiger partial charge in [0.1, 0.15) is 5.82 Å². The topological polar surface area (TPSA) is 20.3 Å². The molecule has 0 spiro atoms. The lowest BCUT2D eigenvalue weighted by Gasteiger charge is -2.16. The van der Waals surface area contributed by atoms with Crippen molar-refractivity contribution in [2.75, 3.05) is 13.1 Å². The molecule has 0 saturated carbocycles. The molecule has 1 unspecified atom stereocenters. The van der Waals surface area contributed by atoms with Gasteiger partial charge in [0.15, 0.2) is 0 Å². The Kier molecular flexibility index (Phi) is 3.72. The van der Waals surface area contributed by atoms with Crippen molar-refractivity contribution in [1.82, 2.24) is 4.90 Å². The lowest BCUT2D eigenvalue weighted by molar-refractivity contribution is 0.0786. The number of hydrogen-bond acceptors (Lipinski definition) is 2. The molecule has 0 N–H and O–H groups in total. The van der Waals surface area contributed by atoms with Crippen LogP contribution in [0.15, 0.2) is 23.1 Å². The maximum atomic E-state index is 13.1. The highest BCUT2D eigenvalue weighted by molar-refractivity contribution is 7.80. The van der Waals surface area contributed by atoms with Crippen LogP contribution in [0.4, 0.5) is 4.39 Å². The molecule has 1 heterocycles. The van der Waals surface area contributed by atoms with Crippen LogP contribution in [-0.4, -0.2) is 23.9 Å². The van der Waals surface area contributed by atoms with Gasteiger partial charge in [-0.15, -0.1) is 12.6 Å². The minimum absolute atomic E-state index is 0.0174. The summed E-state index contributed by atoms with van der Waals surface area (Å²) in [6, 6.07) is 4.32. The first-order chi connectivity index (χ1) is 8.11. The number of likely N-dealkylation sites (tertiary alicyclic amines) is 1. The summed E-state index contributed by atoms with van der Waals surface area (Å²) in [4.78, 5) is 14.2. The number of carbonyl (C=O) groups excluding carboxylic acids is 1. The van der Waals surface area contributed by atoms with Gasteiger partial charge in [-0.3, -0.25) is 4.79 Å². The van der Waals surface area contributed by atoms with E-state index in [4.69, 9.17) is 0 Å². The fourth-order valence-corrected chi connectivity index (χ4v) is 2.39. The highest BCUT2D eigenvalue weighted by atomic mass is 32.1. The van der Waals surface area contributed by atoms with Crippen molar-refractivity contribution < 1.29 is 9.18 Å². The minimum Gasteiger partial charge on any atom is -0.338 e. The zero-order valence-electron chi connectivity index (χ0n) is 9.82. The lowest BCUT2D eigenvalue weighted by atomic mass is 10.1. The van der Waals surface area contributed by atoms with Crippen molar-refractivity contribution in [2.24, 2.45) is 5.92 Å². The predicted molar refractivity (Wildman–Crippen MR) is 68.0 cm³/mol. The SMILES string of the molecule is CCC1CCN(C(=O)c2ccc(F)c(S)c2)C1. The number of thiol groups is 1. The maximum absolute atomic E-state index is 13.1. The molecule has 1 fully saturated rings. The van der Waals surface area contributed by atoms with E-state index in [0.717, 1.165) is 25.9 Å². The van der Waals surface area contributed by atoms with Crippen LogP contribution in [0, 0.1) is 11.7 Å². The first-order valence-electron chi connectivity index (χ1n) is 5.89. The van der Waals surface area contributed by atoms with Gasteiger partial charge in [-0.05, 0) is 30.5 Å². The number of hydrogen-bond donors (Lipinski definition) is 1. The van der Waals surface area contributed by atoms with Crippen LogP contribution in [-0.2, 0) is 0 Å². The summed E-state index contributed by atoms with van der Waals surface area (Å²) in [5, 5.41) is 0. The van der Waals surface area contributed by atoms with Crippen molar-refractivity contribution in [3.63, 3.8) is 0 Å². The van der Waals surface area contributed by atoms with Crippen molar-refractivity contribution in [2.45, 2.75) is 24.7 Å². The van der Waals surface area contributed by atoms with E-state index in [1.807, 2.05) is 4.90 Å². The molecule has 1 atom stereocenters. The maximum Gasteiger partial charge on any atom is 0.253 e. The van der Waals surface area contributed by atoms with Crippen LogP contribution in [0.2, 0.25) is 0 Å². The Labute approximate surface area is 106 Å².